The van der Waals surface area contributed by atoms with E-state index in [1.165, 1.54) is 0 Å². The maximum atomic E-state index is 11.7. The van der Waals surface area contributed by atoms with Gasteiger partial charge in [0.25, 0.3) is 5.91 Å². The smallest absolute Gasteiger partial charge is 0.256 e. The number of piperidine rings is 1. The summed E-state index contributed by atoms with van der Waals surface area (Å²) in [5.41, 5.74) is 0.561. The van der Waals surface area contributed by atoms with Crippen LogP contribution in [0.1, 0.15) is 18.4 Å². The highest BCUT2D eigenvalue weighted by Crippen LogP contribution is 2.38. The van der Waals surface area contributed by atoms with E-state index in [0.717, 1.165) is 12.0 Å². The number of benzene rings is 1. The van der Waals surface area contributed by atoms with E-state index in [4.69, 9.17) is 0 Å². The first-order chi connectivity index (χ1) is 8.68. The minimum atomic E-state index is -1.59. The number of nitrogens with zero attached hydrogens (tertiary/aromatic N) is 1. The lowest BCUT2D eigenvalue weighted by molar-refractivity contribution is -0.169. The van der Waals surface area contributed by atoms with Crippen LogP contribution in [0, 0.1) is 0 Å². The Balaban J connectivity index is 1.88. The van der Waals surface area contributed by atoms with Crippen LogP contribution < -0.4 is 5.09 Å². The second-order valence-corrected chi connectivity index (χ2v) is 5.91. The predicted octanol–water partition coefficient (Wildman–Crippen LogP) is 1.46. The number of carbonyl (C=O) groups is 1. The molecule has 0 spiro atoms. The van der Waals surface area contributed by atoms with Gasteiger partial charge in [-0.05, 0) is 18.4 Å². The topological polar surface area (TPSA) is 72.8 Å². The van der Waals surface area contributed by atoms with Crippen LogP contribution in [0.2, 0.25) is 0 Å². The van der Waals surface area contributed by atoms with Gasteiger partial charge in [-0.1, -0.05) is 30.3 Å². The molecule has 5 nitrogen and oxygen atoms in total. The Labute approximate surface area is 107 Å². The van der Waals surface area contributed by atoms with E-state index in [2.05, 4.69) is 5.09 Å². The van der Waals surface area contributed by atoms with Crippen molar-refractivity contribution in [3.05, 3.63) is 35.9 Å². The van der Waals surface area contributed by atoms with Crippen LogP contribution in [0.3, 0.4) is 0 Å². The minimum Gasteiger partial charge on any atom is -0.358 e. The lowest BCUT2D eigenvalue weighted by Gasteiger charge is -2.30. The number of hydroxylamine groups is 2. The van der Waals surface area contributed by atoms with Crippen LogP contribution in [-0.2, 0) is 11.3 Å². The van der Waals surface area contributed by atoms with Gasteiger partial charge in [-0.3, -0.25) is 15.1 Å². The number of hydrogen-bond donors (Lipinski definition) is 3. The summed E-state index contributed by atoms with van der Waals surface area (Å²) < 4.78 is 0. The highest BCUT2D eigenvalue weighted by Gasteiger charge is 2.33. The molecule has 1 aromatic carbocycles. The number of amides is 1. The summed E-state index contributed by atoms with van der Waals surface area (Å²) in [6.45, 7) is 0.884. The Morgan fingerprint density at radius 2 is 2.11 bits per heavy atom. The molecule has 2 unspecified atom stereocenters. The van der Waals surface area contributed by atoms with Gasteiger partial charge in [0.2, 0.25) is 0 Å². The van der Waals surface area contributed by atoms with Crippen molar-refractivity contribution in [2.45, 2.75) is 25.0 Å². The number of nitrogens with one attached hydrogen (secondary N) is 1. The third-order valence-corrected chi connectivity index (χ3v) is 4.52. The summed E-state index contributed by atoms with van der Waals surface area (Å²) in [6, 6.07) is 9.70. The zero-order valence-corrected chi connectivity index (χ0v) is 10.9. The molecule has 0 saturated carbocycles. The molecule has 3 N–H and O–H groups in total. The summed E-state index contributed by atoms with van der Waals surface area (Å²) in [5.74, 6) is -0.379. The molecule has 1 aromatic rings. The average Bonchev–Trinajstić information content (AvgIpc) is 2.40. The van der Waals surface area contributed by atoms with E-state index in [1.807, 2.05) is 30.3 Å². The lowest BCUT2D eigenvalue weighted by Crippen LogP contribution is -2.42. The second-order valence-electron chi connectivity index (χ2n) is 4.28. The van der Waals surface area contributed by atoms with Crippen molar-refractivity contribution in [3.8, 4) is 0 Å². The lowest BCUT2D eigenvalue weighted by atomic mass is 10.1. The standard InChI is InChI=1S/C12H17N2O3P/c15-12-11(7-4-8-14(12)16)18(17)13-9-10-5-2-1-3-6-10/h1-3,5-6,11,13,16-17H,4,7-9H2. The fraction of sp³-hybridized carbons (Fsp3) is 0.417. The largest absolute Gasteiger partial charge is 0.358 e. The van der Waals surface area contributed by atoms with Gasteiger partial charge in [-0.25, -0.2) is 5.06 Å². The van der Waals surface area contributed by atoms with E-state index in [0.29, 0.717) is 24.6 Å². The van der Waals surface area contributed by atoms with E-state index in [9.17, 15) is 14.9 Å². The summed E-state index contributed by atoms with van der Waals surface area (Å²) >= 11 is 0. The van der Waals surface area contributed by atoms with E-state index >= 15 is 0 Å². The van der Waals surface area contributed by atoms with Crippen molar-refractivity contribution in [2.24, 2.45) is 0 Å². The number of rotatable bonds is 4. The van der Waals surface area contributed by atoms with E-state index in [1.54, 1.807) is 0 Å². The second kappa shape index (κ2) is 6.25. The zero-order valence-electron chi connectivity index (χ0n) is 9.99. The monoisotopic (exact) mass is 268 g/mol. The molecule has 6 heteroatoms. The fourth-order valence-corrected chi connectivity index (χ4v) is 3.28. The molecule has 2 rings (SSSR count). The molecule has 1 aliphatic heterocycles. The van der Waals surface area contributed by atoms with Gasteiger partial charge >= 0.3 is 0 Å². The van der Waals surface area contributed by atoms with Gasteiger partial charge < -0.3 is 4.89 Å². The predicted molar refractivity (Wildman–Crippen MR) is 68.9 cm³/mol. The molecule has 0 bridgehead atoms. The summed E-state index contributed by atoms with van der Waals surface area (Å²) in [5, 5.41) is 13.0. The van der Waals surface area contributed by atoms with Gasteiger partial charge in [0.1, 0.15) is 8.30 Å². The molecule has 1 amide bonds. The molecule has 1 aliphatic rings. The highest BCUT2D eigenvalue weighted by molar-refractivity contribution is 7.51. The first-order valence-electron chi connectivity index (χ1n) is 5.94. The van der Waals surface area contributed by atoms with Crippen molar-refractivity contribution in [1.82, 2.24) is 10.2 Å². The summed E-state index contributed by atoms with van der Waals surface area (Å²) in [7, 11) is -1.59. The molecule has 98 valence electrons. The van der Waals surface area contributed by atoms with Crippen molar-refractivity contribution >= 4 is 14.2 Å². The summed E-state index contributed by atoms with van der Waals surface area (Å²) in [6.07, 6.45) is 1.35. The quantitative estimate of drug-likeness (QED) is 0.571. The molecule has 18 heavy (non-hydrogen) atoms. The Morgan fingerprint density at radius 3 is 2.83 bits per heavy atom. The Hall–Kier alpha value is -1.00. The maximum Gasteiger partial charge on any atom is 0.256 e. The van der Waals surface area contributed by atoms with Crippen LogP contribution in [0.15, 0.2) is 30.3 Å². The van der Waals surface area contributed by atoms with Crippen LogP contribution in [-0.4, -0.2) is 33.3 Å². The maximum absolute atomic E-state index is 11.7. The van der Waals surface area contributed by atoms with Crippen LogP contribution in [0.4, 0.5) is 0 Å². The zero-order chi connectivity index (χ0) is 13.0. The third kappa shape index (κ3) is 3.27. The molecule has 1 heterocycles. The Morgan fingerprint density at radius 1 is 1.39 bits per heavy atom. The number of hydrogen-bond acceptors (Lipinski definition) is 4. The molecule has 1 fully saturated rings. The van der Waals surface area contributed by atoms with Crippen molar-refractivity contribution < 1.29 is 14.9 Å². The molecule has 2 atom stereocenters. The van der Waals surface area contributed by atoms with Gasteiger partial charge in [-0.15, -0.1) is 0 Å². The molecule has 1 saturated heterocycles. The van der Waals surface area contributed by atoms with Gasteiger partial charge in [0.15, 0.2) is 0 Å². The SMILES string of the molecule is O=C1C(P(O)NCc2ccccc2)CCCN1O. The molecular weight excluding hydrogens is 251 g/mol. The van der Waals surface area contributed by atoms with Crippen LogP contribution in [0.25, 0.3) is 0 Å². The van der Waals surface area contributed by atoms with Gasteiger partial charge in [0.05, 0.1) is 5.66 Å². The third-order valence-electron chi connectivity index (χ3n) is 2.97. The Kier molecular flexibility index (Phi) is 4.66. The van der Waals surface area contributed by atoms with E-state index in [-0.39, 0.29) is 5.91 Å². The van der Waals surface area contributed by atoms with Crippen LogP contribution in [0.5, 0.6) is 0 Å². The molecule has 0 aromatic heterocycles. The fourth-order valence-electron chi connectivity index (χ4n) is 1.95. The molecule has 0 aliphatic carbocycles. The highest BCUT2D eigenvalue weighted by atomic mass is 31.2. The van der Waals surface area contributed by atoms with Gasteiger partial charge in [-0.2, -0.15) is 0 Å². The Bertz CT molecular complexity index is 402. The number of carbonyl (C=O) groups excluding carboxylic acids is 1. The van der Waals surface area contributed by atoms with E-state index < -0.39 is 14.0 Å². The minimum absolute atomic E-state index is 0.358. The first-order valence-corrected chi connectivity index (χ1v) is 7.30. The average molecular weight is 268 g/mol. The molecule has 0 radical (unpaired) electrons. The molecular formula is C12H17N2O3P. The summed E-state index contributed by atoms with van der Waals surface area (Å²) in [4.78, 5) is 21.7. The van der Waals surface area contributed by atoms with Crippen molar-refractivity contribution in [3.63, 3.8) is 0 Å². The van der Waals surface area contributed by atoms with Crippen molar-refractivity contribution in [2.75, 3.05) is 6.54 Å². The van der Waals surface area contributed by atoms with Crippen LogP contribution >= 0.6 is 8.30 Å². The first kappa shape index (κ1) is 13.4. The van der Waals surface area contributed by atoms with Gasteiger partial charge in [0, 0.05) is 13.1 Å². The normalized spacial score (nSPS) is 22.0. The van der Waals surface area contributed by atoms with Crippen molar-refractivity contribution in [1.29, 1.82) is 0 Å².